The third kappa shape index (κ3) is 3.83. The van der Waals surface area contributed by atoms with Gasteiger partial charge in [-0.05, 0) is 75.5 Å². The average molecular weight is 252 g/mol. The fraction of sp³-hybridized carbons (Fsp3) is 0.882. The lowest BCUT2D eigenvalue weighted by atomic mass is 9.69. The number of alkyl halides is 1. The van der Waals surface area contributed by atoms with Crippen LogP contribution in [0.3, 0.4) is 0 Å². The van der Waals surface area contributed by atoms with Crippen LogP contribution in [0.5, 0.6) is 0 Å². The maximum Gasteiger partial charge on any atom is 0.0897 e. The number of hydrogen-bond donors (Lipinski definition) is 0. The maximum absolute atomic E-state index is 12.3. The molecule has 0 aliphatic heterocycles. The Morgan fingerprint density at radius 3 is 1.94 bits per heavy atom. The van der Waals surface area contributed by atoms with Gasteiger partial charge in [-0.2, -0.15) is 0 Å². The van der Waals surface area contributed by atoms with Crippen molar-refractivity contribution in [2.24, 2.45) is 23.7 Å². The molecule has 0 amide bonds. The molecule has 0 aromatic rings. The van der Waals surface area contributed by atoms with E-state index in [0.29, 0.717) is 5.92 Å². The summed E-state index contributed by atoms with van der Waals surface area (Å²) in [4.78, 5) is 0. The minimum absolute atomic E-state index is 0.107. The molecule has 0 heterocycles. The van der Waals surface area contributed by atoms with Gasteiger partial charge < -0.3 is 0 Å². The van der Waals surface area contributed by atoms with Crippen LogP contribution in [0.15, 0.2) is 12.2 Å². The highest BCUT2D eigenvalue weighted by molar-refractivity contribution is 4.90. The summed E-state index contributed by atoms with van der Waals surface area (Å²) in [6, 6.07) is 0. The number of hydrogen-bond acceptors (Lipinski definition) is 0. The van der Waals surface area contributed by atoms with Crippen LogP contribution < -0.4 is 0 Å². The van der Waals surface area contributed by atoms with E-state index in [0.717, 1.165) is 24.2 Å². The summed E-state index contributed by atoms with van der Waals surface area (Å²) < 4.78 is 12.3. The van der Waals surface area contributed by atoms with Gasteiger partial charge in [-0.15, -0.1) is 0 Å². The molecule has 0 aromatic carbocycles. The molecule has 0 bridgehead atoms. The number of rotatable bonds is 4. The van der Waals surface area contributed by atoms with Crippen molar-refractivity contribution in [2.45, 2.75) is 64.7 Å². The summed E-state index contributed by atoms with van der Waals surface area (Å²) in [7, 11) is 0. The Kier molecular flexibility index (Phi) is 5.72. The first kappa shape index (κ1) is 14.1. The first-order valence-corrected chi connectivity index (χ1v) is 8.02. The molecule has 18 heavy (non-hydrogen) atoms. The van der Waals surface area contributed by atoms with Crippen LogP contribution >= 0.6 is 0 Å². The molecule has 104 valence electrons. The zero-order chi connectivity index (χ0) is 12.8. The zero-order valence-electron chi connectivity index (χ0n) is 11.9. The highest BCUT2D eigenvalue weighted by atomic mass is 19.1. The van der Waals surface area contributed by atoms with Crippen molar-refractivity contribution in [3.63, 3.8) is 0 Å². The topological polar surface area (TPSA) is 0 Å². The van der Waals surface area contributed by atoms with Crippen LogP contribution in [0.25, 0.3) is 0 Å². The van der Waals surface area contributed by atoms with Gasteiger partial charge in [0.25, 0.3) is 0 Å². The van der Waals surface area contributed by atoms with E-state index in [1.165, 1.54) is 51.4 Å². The second-order valence-electron chi connectivity index (χ2n) is 6.46. The Labute approximate surface area is 112 Å². The van der Waals surface area contributed by atoms with Gasteiger partial charge in [0.05, 0.1) is 6.67 Å². The van der Waals surface area contributed by atoms with Crippen LogP contribution in [0.1, 0.15) is 64.7 Å². The molecule has 0 aromatic heterocycles. The van der Waals surface area contributed by atoms with Crippen molar-refractivity contribution in [1.29, 1.82) is 0 Å². The van der Waals surface area contributed by atoms with Gasteiger partial charge in [-0.3, -0.25) is 4.39 Å². The second-order valence-corrected chi connectivity index (χ2v) is 6.46. The van der Waals surface area contributed by atoms with E-state index in [4.69, 9.17) is 0 Å². The summed E-state index contributed by atoms with van der Waals surface area (Å²) in [5, 5.41) is 0. The van der Waals surface area contributed by atoms with Gasteiger partial charge in [0.1, 0.15) is 0 Å². The third-order valence-electron chi connectivity index (χ3n) is 5.36. The standard InChI is InChI=1S/C17H29F/c1-2-3-14-4-8-16(9-5-14)17-10-6-15(7-11-17)12-13-18/h2-3,14-17H,4-13H2,1H3/b3-2+. The van der Waals surface area contributed by atoms with Crippen molar-refractivity contribution < 1.29 is 4.39 Å². The van der Waals surface area contributed by atoms with E-state index >= 15 is 0 Å². The molecule has 0 saturated heterocycles. The Morgan fingerprint density at radius 2 is 1.44 bits per heavy atom. The van der Waals surface area contributed by atoms with Crippen molar-refractivity contribution in [3.8, 4) is 0 Å². The minimum atomic E-state index is -0.107. The molecule has 2 fully saturated rings. The van der Waals surface area contributed by atoms with E-state index in [1.807, 2.05) is 0 Å². The molecule has 0 nitrogen and oxygen atoms in total. The van der Waals surface area contributed by atoms with E-state index in [2.05, 4.69) is 19.1 Å². The Morgan fingerprint density at radius 1 is 0.889 bits per heavy atom. The van der Waals surface area contributed by atoms with Gasteiger partial charge in [0.15, 0.2) is 0 Å². The molecule has 0 unspecified atom stereocenters. The summed E-state index contributed by atoms with van der Waals surface area (Å²) in [6.45, 7) is 2.03. The quantitative estimate of drug-likeness (QED) is 0.577. The second kappa shape index (κ2) is 7.31. The Balaban J connectivity index is 1.71. The van der Waals surface area contributed by atoms with Crippen molar-refractivity contribution in [1.82, 2.24) is 0 Å². The molecule has 1 heteroatoms. The summed E-state index contributed by atoms with van der Waals surface area (Å²) in [5.74, 6) is 3.50. The fourth-order valence-electron chi connectivity index (χ4n) is 4.18. The fourth-order valence-corrected chi connectivity index (χ4v) is 4.18. The predicted octanol–water partition coefficient (Wildman–Crippen LogP) is 5.53. The van der Waals surface area contributed by atoms with Crippen molar-refractivity contribution in [3.05, 3.63) is 12.2 Å². The molecule has 2 rings (SSSR count). The molecular weight excluding hydrogens is 223 g/mol. The smallest absolute Gasteiger partial charge is 0.0897 e. The summed E-state index contributed by atoms with van der Waals surface area (Å²) in [6.07, 6.45) is 16.5. The lowest BCUT2D eigenvalue weighted by Crippen LogP contribution is -2.25. The lowest BCUT2D eigenvalue weighted by molar-refractivity contribution is 0.149. The van der Waals surface area contributed by atoms with Gasteiger partial charge in [0.2, 0.25) is 0 Å². The summed E-state index contributed by atoms with van der Waals surface area (Å²) >= 11 is 0. The highest BCUT2D eigenvalue weighted by Crippen LogP contribution is 2.42. The van der Waals surface area contributed by atoms with Gasteiger partial charge >= 0.3 is 0 Å². The Bertz CT molecular complexity index is 242. The molecule has 2 aliphatic rings. The van der Waals surface area contributed by atoms with E-state index in [1.54, 1.807) is 0 Å². The predicted molar refractivity (Wildman–Crippen MR) is 76.3 cm³/mol. The number of allylic oxidation sites excluding steroid dienone is 2. The first-order valence-electron chi connectivity index (χ1n) is 8.02. The molecule has 2 saturated carbocycles. The minimum Gasteiger partial charge on any atom is -0.251 e. The van der Waals surface area contributed by atoms with Crippen molar-refractivity contribution in [2.75, 3.05) is 6.67 Å². The SMILES string of the molecule is C/C=C/C1CCC(C2CCC(CCF)CC2)CC1. The van der Waals surface area contributed by atoms with Gasteiger partial charge in [-0.1, -0.05) is 25.0 Å². The molecular formula is C17H29F. The summed E-state index contributed by atoms with van der Waals surface area (Å²) in [5.41, 5.74) is 0. The normalized spacial score (nSPS) is 38.1. The van der Waals surface area contributed by atoms with Crippen LogP contribution in [0.4, 0.5) is 4.39 Å². The highest BCUT2D eigenvalue weighted by Gasteiger charge is 2.30. The molecule has 0 spiro atoms. The third-order valence-corrected chi connectivity index (χ3v) is 5.36. The van der Waals surface area contributed by atoms with Crippen LogP contribution in [0, 0.1) is 23.7 Å². The van der Waals surface area contributed by atoms with Crippen LogP contribution in [0.2, 0.25) is 0 Å². The molecule has 0 atom stereocenters. The number of halogens is 1. The van der Waals surface area contributed by atoms with E-state index in [9.17, 15) is 4.39 Å². The van der Waals surface area contributed by atoms with E-state index < -0.39 is 0 Å². The molecule has 0 radical (unpaired) electrons. The average Bonchev–Trinajstić information content (AvgIpc) is 2.41. The maximum atomic E-state index is 12.3. The molecule has 0 N–H and O–H groups in total. The zero-order valence-corrected chi connectivity index (χ0v) is 11.9. The van der Waals surface area contributed by atoms with Crippen LogP contribution in [-0.2, 0) is 0 Å². The van der Waals surface area contributed by atoms with Crippen molar-refractivity contribution >= 4 is 0 Å². The molecule has 2 aliphatic carbocycles. The Hall–Kier alpha value is -0.330. The van der Waals surface area contributed by atoms with Crippen LogP contribution in [-0.4, -0.2) is 6.67 Å². The van der Waals surface area contributed by atoms with Gasteiger partial charge in [0, 0.05) is 0 Å². The monoisotopic (exact) mass is 252 g/mol. The lowest BCUT2D eigenvalue weighted by Gasteiger charge is -2.37. The van der Waals surface area contributed by atoms with Gasteiger partial charge in [-0.25, -0.2) is 0 Å². The first-order chi connectivity index (χ1) is 8.83. The van der Waals surface area contributed by atoms with E-state index in [-0.39, 0.29) is 6.67 Å². The largest absolute Gasteiger partial charge is 0.251 e.